The second-order valence-electron chi connectivity index (χ2n) is 7.42. The average molecular weight is 390 g/mol. The first-order valence-electron chi connectivity index (χ1n) is 9.68. The number of aryl methyl sites for hydroxylation is 2. The summed E-state index contributed by atoms with van der Waals surface area (Å²) < 4.78 is 0. The maximum atomic E-state index is 11.2. The molecule has 0 saturated carbocycles. The van der Waals surface area contributed by atoms with Crippen LogP contribution in [-0.2, 0) is 4.79 Å². The molecule has 0 unspecified atom stereocenters. The lowest BCUT2D eigenvalue weighted by molar-refractivity contribution is -0.114. The van der Waals surface area contributed by atoms with Crippen molar-refractivity contribution in [3.05, 3.63) is 65.4 Å². The first-order chi connectivity index (χ1) is 13.8. The van der Waals surface area contributed by atoms with Gasteiger partial charge in [-0.1, -0.05) is 32.0 Å². The van der Waals surface area contributed by atoms with Crippen molar-refractivity contribution < 1.29 is 4.79 Å². The maximum Gasteiger partial charge on any atom is 0.229 e. The van der Waals surface area contributed by atoms with E-state index in [1.165, 1.54) is 12.5 Å². The molecule has 0 spiro atoms. The van der Waals surface area contributed by atoms with Crippen LogP contribution < -0.4 is 16.0 Å². The molecule has 2 aromatic carbocycles. The van der Waals surface area contributed by atoms with Crippen molar-refractivity contribution in [3.63, 3.8) is 0 Å². The minimum atomic E-state index is -0.0928. The van der Waals surface area contributed by atoms with Crippen LogP contribution in [0.2, 0.25) is 0 Å². The van der Waals surface area contributed by atoms with Gasteiger partial charge in [0, 0.05) is 35.7 Å². The minimum absolute atomic E-state index is 0.0928. The van der Waals surface area contributed by atoms with Crippen molar-refractivity contribution >= 4 is 34.7 Å². The van der Waals surface area contributed by atoms with Crippen molar-refractivity contribution in [2.75, 3.05) is 16.0 Å². The molecule has 0 fully saturated rings. The summed E-state index contributed by atoms with van der Waals surface area (Å²) in [7, 11) is 0. The van der Waals surface area contributed by atoms with Crippen LogP contribution in [-0.4, -0.2) is 15.9 Å². The van der Waals surface area contributed by atoms with Crippen molar-refractivity contribution in [2.24, 2.45) is 0 Å². The summed E-state index contributed by atoms with van der Waals surface area (Å²) in [4.78, 5) is 20.3. The van der Waals surface area contributed by atoms with Gasteiger partial charge in [0.25, 0.3) is 0 Å². The quantitative estimate of drug-likeness (QED) is 0.507. The Kier molecular flexibility index (Phi) is 6.12. The molecule has 0 bridgehead atoms. The van der Waals surface area contributed by atoms with Crippen LogP contribution in [0.1, 0.15) is 43.5 Å². The highest BCUT2D eigenvalue weighted by molar-refractivity contribution is 5.88. The van der Waals surface area contributed by atoms with E-state index >= 15 is 0 Å². The molecule has 150 valence electrons. The highest BCUT2D eigenvalue weighted by Gasteiger charge is 2.11. The van der Waals surface area contributed by atoms with Gasteiger partial charge in [-0.15, -0.1) is 0 Å². The van der Waals surface area contributed by atoms with E-state index in [0.29, 0.717) is 17.7 Å². The zero-order chi connectivity index (χ0) is 21.0. The van der Waals surface area contributed by atoms with Crippen LogP contribution >= 0.6 is 0 Å². The third-order valence-corrected chi connectivity index (χ3v) is 4.50. The van der Waals surface area contributed by atoms with Crippen LogP contribution in [0.15, 0.2) is 48.5 Å². The van der Waals surface area contributed by atoms with Crippen LogP contribution in [0.5, 0.6) is 0 Å². The summed E-state index contributed by atoms with van der Waals surface area (Å²) in [6, 6.07) is 15.7. The first-order valence-corrected chi connectivity index (χ1v) is 9.68. The second kappa shape index (κ2) is 8.73. The molecule has 3 aromatic rings. The molecule has 0 radical (unpaired) electrons. The number of rotatable bonds is 6. The Labute approximate surface area is 171 Å². The first kappa shape index (κ1) is 20.3. The fourth-order valence-corrected chi connectivity index (χ4v) is 3.13. The smallest absolute Gasteiger partial charge is 0.229 e. The lowest BCUT2D eigenvalue weighted by Crippen LogP contribution is -2.06. The van der Waals surface area contributed by atoms with Gasteiger partial charge in [0.15, 0.2) is 0 Å². The standard InChI is InChI=1S/C23H27N5O/c1-14(2)20-8-6-7-15(3)22(20)28-23-24-16(4)13-21(27-23)26-19-11-9-18(10-12-19)25-17(5)29/h6-14H,1-5H3,(H,25,29)(H2,24,26,27,28). The number of nitrogens with one attached hydrogen (secondary N) is 3. The second-order valence-corrected chi connectivity index (χ2v) is 7.42. The SMILES string of the molecule is CC(=O)Nc1ccc(Nc2cc(C)nc(Nc3c(C)cccc3C(C)C)n2)cc1. The number of aromatic nitrogens is 2. The molecule has 6 nitrogen and oxygen atoms in total. The molecular formula is C23H27N5O. The van der Waals surface area contributed by atoms with E-state index in [2.05, 4.69) is 64.9 Å². The third-order valence-electron chi connectivity index (χ3n) is 4.50. The molecule has 0 atom stereocenters. The van der Waals surface area contributed by atoms with E-state index in [1.807, 2.05) is 37.3 Å². The topological polar surface area (TPSA) is 78.9 Å². The summed E-state index contributed by atoms with van der Waals surface area (Å²) in [5.74, 6) is 1.55. The number of amides is 1. The zero-order valence-electron chi connectivity index (χ0n) is 17.5. The molecule has 1 heterocycles. The molecule has 0 aliphatic carbocycles. The van der Waals surface area contributed by atoms with Gasteiger partial charge in [-0.3, -0.25) is 4.79 Å². The van der Waals surface area contributed by atoms with E-state index < -0.39 is 0 Å². The van der Waals surface area contributed by atoms with Crippen molar-refractivity contribution in [3.8, 4) is 0 Å². The lowest BCUT2D eigenvalue weighted by atomic mass is 9.98. The molecule has 1 aromatic heterocycles. The number of hydrogen-bond donors (Lipinski definition) is 3. The molecule has 1 amide bonds. The van der Waals surface area contributed by atoms with E-state index in [4.69, 9.17) is 0 Å². The van der Waals surface area contributed by atoms with Gasteiger partial charge < -0.3 is 16.0 Å². The van der Waals surface area contributed by atoms with Gasteiger partial charge in [0.1, 0.15) is 5.82 Å². The average Bonchev–Trinajstić information content (AvgIpc) is 2.64. The van der Waals surface area contributed by atoms with E-state index in [0.717, 1.165) is 28.3 Å². The predicted octanol–water partition coefficient (Wildman–Crippen LogP) is 5.66. The number of carbonyl (C=O) groups excluding carboxylic acids is 1. The summed E-state index contributed by atoms with van der Waals surface area (Å²) in [6.07, 6.45) is 0. The fraction of sp³-hybridized carbons (Fsp3) is 0.261. The van der Waals surface area contributed by atoms with Gasteiger partial charge in [-0.05, 0) is 55.2 Å². The van der Waals surface area contributed by atoms with Crippen LogP contribution in [0.3, 0.4) is 0 Å². The summed E-state index contributed by atoms with van der Waals surface area (Å²) in [5.41, 5.74) is 5.94. The number of hydrogen-bond acceptors (Lipinski definition) is 5. The molecule has 0 aliphatic rings. The summed E-state index contributed by atoms with van der Waals surface area (Å²) >= 11 is 0. The number of benzene rings is 2. The third kappa shape index (κ3) is 5.31. The largest absolute Gasteiger partial charge is 0.340 e. The van der Waals surface area contributed by atoms with Gasteiger partial charge in [0.05, 0.1) is 0 Å². The Hall–Kier alpha value is -3.41. The van der Waals surface area contributed by atoms with Gasteiger partial charge in [0.2, 0.25) is 11.9 Å². The Morgan fingerprint density at radius 3 is 2.28 bits per heavy atom. The molecule has 6 heteroatoms. The highest BCUT2D eigenvalue weighted by Crippen LogP contribution is 2.30. The molecule has 3 rings (SSSR count). The van der Waals surface area contributed by atoms with Crippen LogP contribution in [0.4, 0.5) is 28.8 Å². The van der Waals surface area contributed by atoms with E-state index in [9.17, 15) is 4.79 Å². The van der Waals surface area contributed by atoms with Crippen molar-refractivity contribution in [1.82, 2.24) is 9.97 Å². The highest BCUT2D eigenvalue weighted by atomic mass is 16.1. The van der Waals surface area contributed by atoms with Gasteiger partial charge in [-0.2, -0.15) is 4.98 Å². The van der Waals surface area contributed by atoms with Gasteiger partial charge >= 0.3 is 0 Å². The minimum Gasteiger partial charge on any atom is -0.340 e. The number of nitrogens with zero attached hydrogens (tertiary/aromatic N) is 2. The number of anilines is 5. The summed E-state index contributed by atoms with van der Waals surface area (Å²) in [5, 5.41) is 9.47. The number of carbonyl (C=O) groups is 1. The molecular weight excluding hydrogens is 362 g/mol. The Balaban J connectivity index is 1.83. The molecule has 0 aliphatic heterocycles. The molecule has 3 N–H and O–H groups in total. The Morgan fingerprint density at radius 2 is 1.62 bits per heavy atom. The normalized spacial score (nSPS) is 10.7. The Morgan fingerprint density at radius 1 is 0.931 bits per heavy atom. The monoisotopic (exact) mass is 389 g/mol. The molecule has 0 saturated heterocycles. The Bertz CT molecular complexity index is 1010. The lowest BCUT2D eigenvalue weighted by Gasteiger charge is -2.17. The predicted molar refractivity (Wildman–Crippen MR) is 119 cm³/mol. The zero-order valence-corrected chi connectivity index (χ0v) is 17.5. The van der Waals surface area contributed by atoms with E-state index in [-0.39, 0.29) is 5.91 Å². The maximum absolute atomic E-state index is 11.2. The fourth-order valence-electron chi connectivity index (χ4n) is 3.13. The van der Waals surface area contributed by atoms with Crippen molar-refractivity contribution in [2.45, 2.75) is 40.5 Å². The van der Waals surface area contributed by atoms with Crippen LogP contribution in [0.25, 0.3) is 0 Å². The van der Waals surface area contributed by atoms with Gasteiger partial charge in [-0.25, -0.2) is 4.98 Å². The summed E-state index contributed by atoms with van der Waals surface area (Å²) in [6.45, 7) is 9.87. The number of para-hydroxylation sites is 1. The molecule has 29 heavy (non-hydrogen) atoms. The van der Waals surface area contributed by atoms with E-state index in [1.54, 1.807) is 0 Å². The van der Waals surface area contributed by atoms with Crippen LogP contribution in [0, 0.1) is 13.8 Å². The van der Waals surface area contributed by atoms with Crippen molar-refractivity contribution in [1.29, 1.82) is 0 Å².